The fourth-order valence-corrected chi connectivity index (χ4v) is 1.92. The maximum atomic E-state index is 10.9. The number of hydrogen-bond donors (Lipinski definition) is 0. The third-order valence-electron chi connectivity index (χ3n) is 3.17. The summed E-state index contributed by atoms with van der Waals surface area (Å²) in [5, 5.41) is 0. The lowest BCUT2D eigenvalue weighted by atomic mass is 9.92. The first kappa shape index (κ1) is 13.6. The van der Waals surface area contributed by atoms with E-state index in [0.717, 1.165) is 30.3 Å². The molecule has 0 saturated heterocycles. The number of benzene rings is 1. The van der Waals surface area contributed by atoms with Crippen LogP contribution in [0.5, 0.6) is 0 Å². The van der Waals surface area contributed by atoms with Crippen LogP contribution in [0.25, 0.3) is 0 Å². The predicted molar refractivity (Wildman–Crippen MR) is 69.5 cm³/mol. The molecule has 17 heavy (non-hydrogen) atoms. The molecule has 1 rings (SSSR count). The Labute approximate surface area is 103 Å². The average molecular weight is 232 g/mol. The molecule has 0 aromatic heterocycles. The number of aldehydes is 1. The highest BCUT2D eigenvalue weighted by Gasteiger charge is 2.08. The summed E-state index contributed by atoms with van der Waals surface area (Å²) >= 11 is 0. The summed E-state index contributed by atoms with van der Waals surface area (Å²) in [7, 11) is 0. The van der Waals surface area contributed by atoms with Gasteiger partial charge < -0.3 is 4.79 Å². The van der Waals surface area contributed by atoms with Gasteiger partial charge in [-0.15, -0.1) is 0 Å². The Bertz CT molecular complexity index is 407. The van der Waals surface area contributed by atoms with Crippen molar-refractivity contribution in [3.8, 4) is 0 Å². The molecular weight excluding hydrogens is 212 g/mol. The number of ketones is 1. The van der Waals surface area contributed by atoms with E-state index in [1.807, 2.05) is 19.1 Å². The van der Waals surface area contributed by atoms with Gasteiger partial charge in [-0.2, -0.15) is 0 Å². The summed E-state index contributed by atoms with van der Waals surface area (Å²) in [5.74, 6) is 0.642. The second kappa shape index (κ2) is 6.33. The molecular formula is C15H20O2. The van der Waals surface area contributed by atoms with Crippen LogP contribution in [-0.4, -0.2) is 12.1 Å². The number of Topliss-reactive ketones (excluding diaryl/α,β-unsaturated/α-hetero) is 1. The summed E-state index contributed by atoms with van der Waals surface area (Å²) in [6.45, 7) is 5.70. The van der Waals surface area contributed by atoms with Crippen LogP contribution in [0.15, 0.2) is 18.2 Å². The van der Waals surface area contributed by atoms with E-state index in [2.05, 4.69) is 13.0 Å². The lowest BCUT2D eigenvalue weighted by molar-refractivity contribution is -0.117. The van der Waals surface area contributed by atoms with E-state index in [1.54, 1.807) is 6.92 Å². The molecule has 1 aromatic rings. The molecule has 1 unspecified atom stereocenters. The number of carbonyl (C=O) groups excluding carboxylic acids is 2. The molecule has 0 bridgehead atoms. The first-order valence-corrected chi connectivity index (χ1v) is 6.09. The molecule has 92 valence electrons. The van der Waals surface area contributed by atoms with E-state index >= 15 is 0 Å². The lowest BCUT2D eigenvalue weighted by Gasteiger charge is -2.12. The van der Waals surface area contributed by atoms with Crippen molar-refractivity contribution in [3.63, 3.8) is 0 Å². The zero-order chi connectivity index (χ0) is 12.8. The van der Waals surface area contributed by atoms with Crippen LogP contribution in [0.3, 0.4) is 0 Å². The van der Waals surface area contributed by atoms with Gasteiger partial charge in [0.15, 0.2) is 0 Å². The van der Waals surface area contributed by atoms with E-state index in [9.17, 15) is 9.59 Å². The molecule has 0 radical (unpaired) electrons. The summed E-state index contributed by atoms with van der Waals surface area (Å²) in [5.41, 5.74) is 2.96. The lowest BCUT2D eigenvalue weighted by Crippen LogP contribution is -1.98. The number of carbonyl (C=O) groups is 2. The van der Waals surface area contributed by atoms with Gasteiger partial charge in [0.05, 0.1) is 0 Å². The molecule has 0 aliphatic carbocycles. The Kier molecular flexibility index (Phi) is 5.08. The molecule has 0 spiro atoms. The predicted octanol–water partition coefficient (Wildman–Crippen LogP) is 3.67. The standard InChI is InChI=1S/C15H20O2/c1-11(5-4-6-13(3)17)14-8-7-12(2)15(9-14)10-16/h7-11H,4-6H2,1-3H3. The van der Waals surface area contributed by atoms with E-state index in [0.29, 0.717) is 12.3 Å². The largest absolute Gasteiger partial charge is 0.300 e. The van der Waals surface area contributed by atoms with Gasteiger partial charge in [-0.25, -0.2) is 0 Å². The van der Waals surface area contributed by atoms with Crippen LogP contribution in [0, 0.1) is 6.92 Å². The van der Waals surface area contributed by atoms with Crippen LogP contribution in [-0.2, 0) is 4.79 Å². The van der Waals surface area contributed by atoms with Crippen molar-refractivity contribution in [1.29, 1.82) is 0 Å². The van der Waals surface area contributed by atoms with Crippen molar-refractivity contribution in [2.24, 2.45) is 0 Å². The highest BCUT2D eigenvalue weighted by molar-refractivity contribution is 5.77. The second-order valence-corrected chi connectivity index (χ2v) is 4.73. The molecule has 0 aliphatic heterocycles. The summed E-state index contributed by atoms with van der Waals surface area (Å²) in [4.78, 5) is 21.7. The van der Waals surface area contributed by atoms with Crippen molar-refractivity contribution in [2.75, 3.05) is 0 Å². The van der Waals surface area contributed by atoms with E-state index in [1.165, 1.54) is 5.56 Å². The Hall–Kier alpha value is -1.44. The van der Waals surface area contributed by atoms with Crippen LogP contribution in [0.2, 0.25) is 0 Å². The van der Waals surface area contributed by atoms with Crippen LogP contribution in [0.4, 0.5) is 0 Å². The molecule has 0 N–H and O–H groups in total. The van der Waals surface area contributed by atoms with Crippen LogP contribution >= 0.6 is 0 Å². The Morgan fingerprint density at radius 2 is 2.12 bits per heavy atom. The average Bonchev–Trinajstić information content (AvgIpc) is 2.29. The number of rotatable bonds is 6. The minimum absolute atomic E-state index is 0.245. The Balaban J connectivity index is 2.65. The van der Waals surface area contributed by atoms with Gasteiger partial charge in [-0.1, -0.05) is 19.1 Å². The summed E-state index contributed by atoms with van der Waals surface area (Å²) < 4.78 is 0. The van der Waals surface area contributed by atoms with Gasteiger partial charge in [-0.3, -0.25) is 4.79 Å². The quantitative estimate of drug-likeness (QED) is 0.701. The van der Waals surface area contributed by atoms with Gasteiger partial charge in [-0.05, 0) is 49.8 Å². The molecule has 1 aromatic carbocycles. The third-order valence-corrected chi connectivity index (χ3v) is 3.17. The molecule has 2 nitrogen and oxygen atoms in total. The van der Waals surface area contributed by atoms with E-state index in [4.69, 9.17) is 0 Å². The zero-order valence-electron chi connectivity index (χ0n) is 10.8. The van der Waals surface area contributed by atoms with Gasteiger partial charge in [0, 0.05) is 12.0 Å². The normalized spacial score (nSPS) is 12.2. The van der Waals surface area contributed by atoms with Crippen molar-refractivity contribution in [3.05, 3.63) is 34.9 Å². The Morgan fingerprint density at radius 3 is 2.71 bits per heavy atom. The van der Waals surface area contributed by atoms with Crippen LogP contribution < -0.4 is 0 Å². The molecule has 0 fully saturated rings. The van der Waals surface area contributed by atoms with Crippen LogP contribution in [0.1, 0.15) is 60.5 Å². The van der Waals surface area contributed by atoms with Gasteiger partial charge in [0.2, 0.25) is 0 Å². The number of aryl methyl sites for hydroxylation is 1. The highest BCUT2D eigenvalue weighted by atomic mass is 16.1. The summed E-state index contributed by atoms with van der Waals surface area (Å²) in [6.07, 6.45) is 3.46. The Morgan fingerprint density at radius 1 is 1.41 bits per heavy atom. The molecule has 1 atom stereocenters. The van der Waals surface area contributed by atoms with Gasteiger partial charge in [0.1, 0.15) is 12.1 Å². The van der Waals surface area contributed by atoms with Gasteiger partial charge >= 0.3 is 0 Å². The fourth-order valence-electron chi connectivity index (χ4n) is 1.92. The number of hydrogen-bond acceptors (Lipinski definition) is 2. The maximum Gasteiger partial charge on any atom is 0.150 e. The third kappa shape index (κ3) is 4.14. The molecule has 0 heterocycles. The van der Waals surface area contributed by atoms with E-state index in [-0.39, 0.29) is 5.78 Å². The maximum absolute atomic E-state index is 10.9. The van der Waals surface area contributed by atoms with Crippen molar-refractivity contribution in [2.45, 2.75) is 46.0 Å². The van der Waals surface area contributed by atoms with Gasteiger partial charge in [0.25, 0.3) is 0 Å². The second-order valence-electron chi connectivity index (χ2n) is 4.73. The topological polar surface area (TPSA) is 34.1 Å². The highest BCUT2D eigenvalue weighted by Crippen LogP contribution is 2.23. The molecule has 0 saturated carbocycles. The summed E-state index contributed by atoms with van der Waals surface area (Å²) in [6, 6.07) is 6.02. The molecule has 0 amide bonds. The molecule has 2 heteroatoms. The molecule has 0 aliphatic rings. The van der Waals surface area contributed by atoms with E-state index < -0.39 is 0 Å². The first-order valence-electron chi connectivity index (χ1n) is 6.09. The zero-order valence-corrected chi connectivity index (χ0v) is 10.8. The van der Waals surface area contributed by atoms with Crippen molar-refractivity contribution < 1.29 is 9.59 Å². The minimum atomic E-state index is 0.245. The van der Waals surface area contributed by atoms with Crippen molar-refractivity contribution >= 4 is 12.1 Å². The minimum Gasteiger partial charge on any atom is -0.300 e. The first-order chi connectivity index (χ1) is 8.04. The smallest absolute Gasteiger partial charge is 0.150 e. The van der Waals surface area contributed by atoms with Crippen molar-refractivity contribution in [1.82, 2.24) is 0 Å². The fraction of sp³-hybridized carbons (Fsp3) is 0.467. The monoisotopic (exact) mass is 232 g/mol. The SMILES string of the molecule is CC(=O)CCCC(C)c1ccc(C)c(C=O)c1.